The van der Waals surface area contributed by atoms with Gasteiger partial charge in [-0.3, -0.25) is 14.4 Å². The van der Waals surface area contributed by atoms with E-state index in [-0.39, 0.29) is 23.3 Å². The second-order valence-corrected chi connectivity index (χ2v) is 7.38. The van der Waals surface area contributed by atoms with Crippen LogP contribution in [0.15, 0.2) is 30.3 Å². The molecule has 146 valence electrons. The minimum absolute atomic E-state index is 0.0271. The Morgan fingerprint density at radius 1 is 1.30 bits per heavy atom. The quantitative estimate of drug-likeness (QED) is 0.520. The summed E-state index contributed by atoms with van der Waals surface area (Å²) in [4.78, 5) is 36.1. The van der Waals surface area contributed by atoms with Gasteiger partial charge >= 0.3 is 0 Å². The van der Waals surface area contributed by atoms with Gasteiger partial charge in [-0.25, -0.2) is 0 Å². The van der Waals surface area contributed by atoms with E-state index in [0.29, 0.717) is 26.0 Å². The molecule has 2 N–H and O–H groups in total. The Hall–Kier alpha value is -2.28. The Kier molecular flexibility index (Phi) is 7.91. The minimum atomic E-state index is -0.604. The molecule has 2 rings (SSSR count). The van der Waals surface area contributed by atoms with Crippen LogP contribution in [-0.2, 0) is 25.5 Å². The number of hydrogen-bond acceptors (Lipinski definition) is 5. The fourth-order valence-corrected chi connectivity index (χ4v) is 3.23. The SMILES string of the molecule is CC(C)C(NC(=S)OCCc1ccccc1)C(=O)CC1CCNC(=O)C1=O. The molecule has 27 heavy (non-hydrogen) atoms. The van der Waals surface area contributed by atoms with Gasteiger partial charge in [-0.2, -0.15) is 0 Å². The molecule has 1 fully saturated rings. The first-order chi connectivity index (χ1) is 12.9. The van der Waals surface area contributed by atoms with Crippen LogP contribution < -0.4 is 10.6 Å². The van der Waals surface area contributed by atoms with Crippen molar-refractivity contribution < 1.29 is 19.1 Å². The number of hydrogen-bond donors (Lipinski definition) is 2. The summed E-state index contributed by atoms with van der Waals surface area (Å²) in [7, 11) is 0. The van der Waals surface area contributed by atoms with Gasteiger partial charge in [0.1, 0.15) is 0 Å². The lowest BCUT2D eigenvalue weighted by Gasteiger charge is -2.25. The summed E-state index contributed by atoms with van der Waals surface area (Å²) in [6, 6.07) is 9.36. The number of rotatable bonds is 8. The van der Waals surface area contributed by atoms with Gasteiger partial charge in [-0.05, 0) is 30.1 Å². The van der Waals surface area contributed by atoms with E-state index in [1.165, 1.54) is 0 Å². The number of piperidine rings is 1. The maximum atomic E-state index is 12.7. The predicted molar refractivity (Wildman–Crippen MR) is 106 cm³/mol. The van der Waals surface area contributed by atoms with Gasteiger partial charge in [-0.15, -0.1) is 0 Å². The van der Waals surface area contributed by atoms with Crippen molar-refractivity contribution in [2.75, 3.05) is 13.2 Å². The molecule has 6 nitrogen and oxygen atoms in total. The molecule has 0 bridgehead atoms. The van der Waals surface area contributed by atoms with E-state index in [1.54, 1.807) is 0 Å². The zero-order valence-electron chi connectivity index (χ0n) is 15.7. The molecule has 1 aromatic carbocycles. The number of thiocarbonyl (C=S) groups is 1. The average Bonchev–Trinajstić information content (AvgIpc) is 2.64. The molecule has 1 aromatic rings. The summed E-state index contributed by atoms with van der Waals surface area (Å²) >= 11 is 5.21. The Morgan fingerprint density at radius 2 is 2.00 bits per heavy atom. The van der Waals surface area contributed by atoms with E-state index >= 15 is 0 Å². The fraction of sp³-hybridized carbons (Fsp3) is 0.500. The lowest BCUT2D eigenvalue weighted by atomic mass is 9.87. The zero-order chi connectivity index (χ0) is 19.8. The van der Waals surface area contributed by atoms with E-state index in [4.69, 9.17) is 17.0 Å². The normalized spacial score (nSPS) is 18.0. The Balaban J connectivity index is 1.84. The summed E-state index contributed by atoms with van der Waals surface area (Å²) in [6.07, 6.45) is 1.24. The molecule has 0 aromatic heterocycles. The minimum Gasteiger partial charge on any atom is -0.471 e. The van der Waals surface area contributed by atoms with E-state index in [0.717, 1.165) is 5.56 Å². The van der Waals surface area contributed by atoms with Crippen LogP contribution in [0.3, 0.4) is 0 Å². The highest BCUT2D eigenvalue weighted by Crippen LogP contribution is 2.17. The van der Waals surface area contributed by atoms with Crippen LogP contribution in [0.25, 0.3) is 0 Å². The number of amides is 1. The first-order valence-electron chi connectivity index (χ1n) is 9.20. The number of ether oxygens (including phenoxy) is 1. The van der Waals surface area contributed by atoms with Crippen LogP contribution >= 0.6 is 12.2 Å². The van der Waals surface area contributed by atoms with Gasteiger partial charge in [0.2, 0.25) is 5.78 Å². The number of carbonyl (C=O) groups excluding carboxylic acids is 3. The van der Waals surface area contributed by atoms with Crippen molar-refractivity contribution in [1.82, 2.24) is 10.6 Å². The Bertz CT molecular complexity index is 690. The predicted octanol–water partition coefficient (Wildman–Crippen LogP) is 1.81. The summed E-state index contributed by atoms with van der Waals surface area (Å²) < 4.78 is 5.54. The highest BCUT2D eigenvalue weighted by Gasteiger charge is 2.33. The van der Waals surface area contributed by atoms with Gasteiger partial charge < -0.3 is 15.4 Å². The van der Waals surface area contributed by atoms with Crippen molar-refractivity contribution in [3.8, 4) is 0 Å². The van der Waals surface area contributed by atoms with Crippen molar-refractivity contribution in [2.45, 2.75) is 39.2 Å². The van der Waals surface area contributed by atoms with Gasteiger partial charge in [0.05, 0.1) is 12.6 Å². The topological polar surface area (TPSA) is 84.5 Å². The molecular formula is C20H26N2O4S. The molecular weight excluding hydrogens is 364 g/mol. The van der Waals surface area contributed by atoms with E-state index < -0.39 is 23.7 Å². The maximum absolute atomic E-state index is 12.7. The molecule has 0 aliphatic carbocycles. The maximum Gasteiger partial charge on any atom is 0.287 e. The molecule has 0 radical (unpaired) electrons. The summed E-state index contributed by atoms with van der Waals surface area (Å²) in [6.45, 7) is 4.63. The third-order valence-corrected chi connectivity index (χ3v) is 4.81. The smallest absolute Gasteiger partial charge is 0.287 e. The molecule has 7 heteroatoms. The van der Waals surface area contributed by atoms with E-state index in [9.17, 15) is 14.4 Å². The van der Waals surface area contributed by atoms with Crippen LogP contribution in [0.2, 0.25) is 0 Å². The average molecular weight is 391 g/mol. The molecule has 1 aliphatic rings. The second kappa shape index (κ2) is 10.2. The molecule has 1 saturated heterocycles. The largest absolute Gasteiger partial charge is 0.471 e. The lowest BCUT2D eigenvalue weighted by molar-refractivity contribution is -0.143. The number of nitrogens with one attached hydrogen (secondary N) is 2. The van der Waals surface area contributed by atoms with Crippen molar-refractivity contribution in [1.29, 1.82) is 0 Å². The molecule has 0 saturated carbocycles. The van der Waals surface area contributed by atoms with Gasteiger partial charge in [0.25, 0.3) is 11.1 Å². The standard InChI is InChI=1S/C20H26N2O4S/c1-13(2)17(16(23)12-15-8-10-21-19(25)18(15)24)22-20(27)26-11-9-14-6-4-3-5-7-14/h3-7,13,15,17H,8-12H2,1-2H3,(H,21,25)(H,22,27). The molecule has 1 heterocycles. The Labute approximate surface area is 165 Å². The van der Waals surface area contributed by atoms with Gasteiger partial charge in [0, 0.05) is 25.3 Å². The van der Waals surface area contributed by atoms with Crippen LogP contribution in [0.1, 0.15) is 32.3 Å². The highest BCUT2D eigenvalue weighted by atomic mass is 32.1. The van der Waals surface area contributed by atoms with Crippen LogP contribution in [0, 0.1) is 11.8 Å². The third-order valence-electron chi connectivity index (χ3n) is 4.57. The highest BCUT2D eigenvalue weighted by molar-refractivity contribution is 7.80. The molecule has 1 amide bonds. The molecule has 1 aliphatic heterocycles. The summed E-state index contributed by atoms with van der Waals surface area (Å²) in [5.74, 6) is -1.83. The number of benzene rings is 1. The monoisotopic (exact) mass is 390 g/mol. The Morgan fingerprint density at radius 3 is 2.67 bits per heavy atom. The van der Waals surface area contributed by atoms with Crippen LogP contribution in [0.5, 0.6) is 0 Å². The first kappa shape index (κ1) is 21.0. The van der Waals surface area contributed by atoms with Crippen molar-refractivity contribution in [2.24, 2.45) is 11.8 Å². The number of ketones is 2. The molecule has 0 spiro atoms. The number of Topliss-reactive ketones (excluding diaryl/α,β-unsaturated/α-hetero) is 2. The van der Waals surface area contributed by atoms with Crippen molar-refractivity contribution in [3.05, 3.63) is 35.9 Å². The van der Waals surface area contributed by atoms with Crippen molar-refractivity contribution >= 4 is 34.9 Å². The second-order valence-electron chi connectivity index (χ2n) is 7.01. The van der Waals surface area contributed by atoms with Crippen molar-refractivity contribution in [3.63, 3.8) is 0 Å². The first-order valence-corrected chi connectivity index (χ1v) is 9.61. The van der Waals surface area contributed by atoms with E-state index in [1.807, 2.05) is 44.2 Å². The summed E-state index contributed by atoms with van der Waals surface area (Å²) in [5.41, 5.74) is 1.14. The van der Waals surface area contributed by atoms with E-state index in [2.05, 4.69) is 10.6 Å². The molecule has 2 unspecified atom stereocenters. The van der Waals surface area contributed by atoms with Gasteiger partial charge in [-0.1, -0.05) is 44.2 Å². The number of carbonyl (C=O) groups is 3. The fourth-order valence-electron chi connectivity index (χ4n) is 3.02. The lowest BCUT2D eigenvalue weighted by Crippen LogP contribution is -2.48. The summed E-state index contributed by atoms with van der Waals surface area (Å²) in [5, 5.41) is 5.64. The zero-order valence-corrected chi connectivity index (χ0v) is 16.5. The van der Waals surface area contributed by atoms with Gasteiger partial charge in [0.15, 0.2) is 5.78 Å². The molecule has 2 atom stereocenters. The third kappa shape index (κ3) is 6.43. The van der Waals surface area contributed by atoms with Crippen LogP contribution in [0.4, 0.5) is 0 Å². The van der Waals surface area contributed by atoms with Crippen LogP contribution in [-0.4, -0.2) is 41.8 Å².